The van der Waals surface area contributed by atoms with Crippen molar-refractivity contribution in [3.05, 3.63) is 58.8 Å². The molecule has 0 saturated carbocycles. The van der Waals surface area contributed by atoms with Crippen LogP contribution in [0.3, 0.4) is 0 Å². The second-order valence-corrected chi connectivity index (χ2v) is 5.39. The van der Waals surface area contributed by atoms with Crippen molar-refractivity contribution in [2.75, 3.05) is 11.6 Å². The van der Waals surface area contributed by atoms with E-state index in [4.69, 9.17) is 11.6 Å². The lowest BCUT2D eigenvalue weighted by molar-refractivity contribution is 0.621. The zero-order valence-corrected chi connectivity index (χ0v) is 12.5. The molecule has 0 amide bonds. The summed E-state index contributed by atoms with van der Waals surface area (Å²) >= 11 is 3.16. The number of hydrogen-bond donors (Lipinski definition) is 2. The highest BCUT2D eigenvalue weighted by molar-refractivity contribution is 9.10. The van der Waals surface area contributed by atoms with Gasteiger partial charge >= 0.3 is 0 Å². The molecule has 0 atom stereocenters. The predicted molar refractivity (Wildman–Crippen MR) is 85.3 cm³/mol. The van der Waals surface area contributed by atoms with Gasteiger partial charge in [-0.3, -0.25) is 0 Å². The second-order valence-electron chi connectivity index (χ2n) is 4.53. The summed E-state index contributed by atoms with van der Waals surface area (Å²) in [6.45, 7) is 0. The minimum atomic E-state index is -0.340. The first-order valence-electron chi connectivity index (χ1n) is 6.22. The van der Waals surface area contributed by atoms with Crippen molar-refractivity contribution in [2.24, 2.45) is 0 Å². The summed E-state index contributed by atoms with van der Waals surface area (Å²) in [5.74, 6) is 6.53. The standard InChI is InChI=1S/C15H12BrFN4/c16-11-8-10(6-7-12(11)17)13-14(18)21(19)15(20-13)9-4-2-1-3-5-9/h1-8H,18-19H2. The van der Waals surface area contributed by atoms with Crippen molar-refractivity contribution >= 4 is 21.7 Å². The van der Waals surface area contributed by atoms with Crippen LogP contribution >= 0.6 is 15.9 Å². The van der Waals surface area contributed by atoms with Gasteiger partial charge in [-0.1, -0.05) is 30.3 Å². The lowest BCUT2D eigenvalue weighted by Gasteiger charge is -2.02. The minimum absolute atomic E-state index is 0.326. The van der Waals surface area contributed by atoms with Gasteiger partial charge < -0.3 is 11.6 Å². The molecule has 0 spiro atoms. The molecule has 0 bridgehead atoms. The van der Waals surface area contributed by atoms with E-state index >= 15 is 0 Å². The largest absolute Gasteiger partial charge is 0.382 e. The van der Waals surface area contributed by atoms with Crippen LogP contribution in [0.2, 0.25) is 0 Å². The molecule has 21 heavy (non-hydrogen) atoms. The maximum absolute atomic E-state index is 13.3. The molecule has 0 radical (unpaired) electrons. The molecule has 0 aliphatic rings. The molecule has 2 aromatic carbocycles. The Bertz CT molecular complexity index is 799. The van der Waals surface area contributed by atoms with Crippen LogP contribution in [0.15, 0.2) is 53.0 Å². The van der Waals surface area contributed by atoms with Gasteiger partial charge in [-0.25, -0.2) is 14.1 Å². The van der Waals surface area contributed by atoms with Gasteiger partial charge in [0.25, 0.3) is 0 Å². The Labute approximate surface area is 129 Å². The average molecular weight is 347 g/mol. The summed E-state index contributed by atoms with van der Waals surface area (Å²) in [7, 11) is 0. The van der Waals surface area contributed by atoms with E-state index in [0.717, 1.165) is 5.56 Å². The fourth-order valence-corrected chi connectivity index (χ4v) is 2.47. The third kappa shape index (κ3) is 2.38. The molecule has 0 aliphatic carbocycles. The van der Waals surface area contributed by atoms with Gasteiger partial charge in [0.2, 0.25) is 0 Å². The minimum Gasteiger partial charge on any atom is -0.382 e. The highest BCUT2D eigenvalue weighted by Crippen LogP contribution is 2.31. The summed E-state index contributed by atoms with van der Waals surface area (Å²) in [5.41, 5.74) is 8.11. The number of nitrogens with zero attached hydrogens (tertiary/aromatic N) is 2. The molecular weight excluding hydrogens is 335 g/mol. The van der Waals surface area contributed by atoms with Crippen LogP contribution in [0.5, 0.6) is 0 Å². The van der Waals surface area contributed by atoms with Crippen LogP contribution in [0, 0.1) is 5.82 Å². The molecule has 0 aliphatic heterocycles. The van der Waals surface area contributed by atoms with Crippen molar-refractivity contribution in [2.45, 2.75) is 0 Å². The smallest absolute Gasteiger partial charge is 0.160 e. The first-order chi connectivity index (χ1) is 10.1. The van der Waals surface area contributed by atoms with E-state index in [1.165, 1.54) is 10.7 Å². The van der Waals surface area contributed by atoms with Crippen LogP contribution in [0.4, 0.5) is 10.2 Å². The SMILES string of the molecule is Nc1c(-c2ccc(F)c(Br)c2)nc(-c2ccccc2)n1N. The summed E-state index contributed by atoms with van der Waals surface area (Å²) in [5, 5.41) is 0. The number of nitrogen functional groups attached to an aromatic ring is 2. The van der Waals surface area contributed by atoms with Crippen LogP contribution in [-0.4, -0.2) is 9.66 Å². The van der Waals surface area contributed by atoms with Crippen molar-refractivity contribution in [1.82, 2.24) is 9.66 Å². The molecule has 106 valence electrons. The van der Waals surface area contributed by atoms with Crippen LogP contribution < -0.4 is 11.6 Å². The van der Waals surface area contributed by atoms with Gasteiger partial charge in [-0.05, 0) is 34.1 Å². The lowest BCUT2D eigenvalue weighted by Crippen LogP contribution is -2.13. The Balaban J connectivity index is 2.15. The summed E-state index contributed by atoms with van der Waals surface area (Å²) in [6.07, 6.45) is 0. The van der Waals surface area contributed by atoms with Crippen molar-refractivity contribution in [3.8, 4) is 22.6 Å². The fraction of sp³-hybridized carbons (Fsp3) is 0. The molecule has 4 N–H and O–H groups in total. The highest BCUT2D eigenvalue weighted by Gasteiger charge is 2.16. The lowest BCUT2D eigenvalue weighted by atomic mass is 10.1. The Kier molecular flexibility index (Phi) is 3.39. The third-order valence-electron chi connectivity index (χ3n) is 3.17. The Morgan fingerprint density at radius 1 is 1.05 bits per heavy atom. The molecule has 3 aromatic rings. The quantitative estimate of drug-likeness (QED) is 0.698. The number of hydrogen-bond acceptors (Lipinski definition) is 3. The van der Waals surface area contributed by atoms with Crippen molar-refractivity contribution in [3.63, 3.8) is 0 Å². The fourth-order valence-electron chi connectivity index (χ4n) is 2.09. The van der Waals surface area contributed by atoms with E-state index in [9.17, 15) is 4.39 Å². The topological polar surface area (TPSA) is 69.9 Å². The second kappa shape index (κ2) is 5.21. The average Bonchev–Trinajstić information content (AvgIpc) is 2.79. The normalized spacial score (nSPS) is 10.8. The number of benzene rings is 2. The summed E-state index contributed by atoms with van der Waals surface area (Å²) in [4.78, 5) is 4.49. The Hall–Kier alpha value is -2.34. The summed E-state index contributed by atoms with van der Waals surface area (Å²) < 4.78 is 15.0. The number of imidazole rings is 1. The molecule has 0 fully saturated rings. The van der Waals surface area contributed by atoms with Crippen molar-refractivity contribution in [1.29, 1.82) is 0 Å². The van der Waals surface area contributed by atoms with E-state index in [0.29, 0.717) is 27.4 Å². The number of nitrogens with two attached hydrogens (primary N) is 2. The monoisotopic (exact) mass is 346 g/mol. The van der Waals surface area contributed by atoms with E-state index in [-0.39, 0.29) is 5.82 Å². The van der Waals surface area contributed by atoms with Gasteiger partial charge in [0, 0.05) is 11.1 Å². The maximum atomic E-state index is 13.3. The third-order valence-corrected chi connectivity index (χ3v) is 3.78. The first-order valence-corrected chi connectivity index (χ1v) is 7.01. The number of anilines is 1. The summed E-state index contributed by atoms with van der Waals surface area (Å²) in [6, 6.07) is 14.1. The zero-order valence-electron chi connectivity index (χ0n) is 10.9. The number of halogens is 2. The molecule has 1 aromatic heterocycles. The molecule has 4 nitrogen and oxygen atoms in total. The van der Waals surface area contributed by atoms with E-state index < -0.39 is 0 Å². The molecule has 6 heteroatoms. The van der Waals surface area contributed by atoms with Crippen LogP contribution in [0.1, 0.15) is 0 Å². The molecule has 3 rings (SSSR count). The number of rotatable bonds is 2. The van der Waals surface area contributed by atoms with Gasteiger partial charge in [0.15, 0.2) is 11.6 Å². The first kappa shape index (κ1) is 13.6. The molecule has 0 unspecified atom stereocenters. The highest BCUT2D eigenvalue weighted by atomic mass is 79.9. The van der Waals surface area contributed by atoms with Crippen LogP contribution in [-0.2, 0) is 0 Å². The van der Waals surface area contributed by atoms with Gasteiger partial charge in [-0.2, -0.15) is 0 Å². The van der Waals surface area contributed by atoms with E-state index in [1.54, 1.807) is 12.1 Å². The maximum Gasteiger partial charge on any atom is 0.160 e. The van der Waals surface area contributed by atoms with E-state index in [2.05, 4.69) is 20.9 Å². The molecule has 0 saturated heterocycles. The van der Waals surface area contributed by atoms with Crippen LogP contribution in [0.25, 0.3) is 22.6 Å². The van der Waals surface area contributed by atoms with Gasteiger partial charge in [0.1, 0.15) is 11.5 Å². The Morgan fingerprint density at radius 2 is 1.76 bits per heavy atom. The predicted octanol–water partition coefficient (Wildman–Crippen LogP) is 3.41. The molecular formula is C15H12BrFN4. The van der Waals surface area contributed by atoms with Gasteiger partial charge in [0.05, 0.1) is 4.47 Å². The van der Waals surface area contributed by atoms with Gasteiger partial charge in [-0.15, -0.1) is 0 Å². The zero-order chi connectivity index (χ0) is 15.0. The number of aromatic nitrogens is 2. The molecule has 1 heterocycles. The Morgan fingerprint density at radius 3 is 2.43 bits per heavy atom. The van der Waals surface area contributed by atoms with E-state index in [1.807, 2.05) is 30.3 Å². The van der Waals surface area contributed by atoms with Crippen molar-refractivity contribution < 1.29 is 4.39 Å².